The first-order valence-electron chi connectivity index (χ1n) is 6.19. The van der Waals surface area contributed by atoms with Gasteiger partial charge in [-0.1, -0.05) is 37.1 Å². The lowest BCUT2D eigenvalue weighted by Gasteiger charge is -2.08. The Hall–Kier alpha value is -1.98. The number of nitrogens with zero attached hydrogens (tertiary/aromatic N) is 1. The molecule has 0 N–H and O–H groups in total. The average Bonchev–Trinajstić information content (AvgIpc) is 2.43. The van der Waals surface area contributed by atoms with Crippen LogP contribution in [0, 0.1) is 11.3 Å². The van der Waals surface area contributed by atoms with Crippen molar-refractivity contribution in [3.05, 3.63) is 58.6 Å². The number of rotatable bonds is 4. The van der Waals surface area contributed by atoms with Gasteiger partial charge in [-0.3, -0.25) is 0 Å². The zero-order chi connectivity index (χ0) is 13.7. The normalized spacial score (nSPS) is 9.95. The predicted molar refractivity (Wildman–Crippen MR) is 76.7 cm³/mol. The second kappa shape index (κ2) is 6.26. The highest BCUT2D eigenvalue weighted by molar-refractivity contribution is 6.32. The average molecular weight is 272 g/mol. The molecule has 0 radical (unpaired) electrons. The Labute approximate surface area is 118 Å². The molecule has 0 heterocycles. The van der Waals surface area contributed by atoms with Crippen molar-refractivity contribution in [3.8, 4) is 17.6 Å². The van der Waals surface area contributed by atoms with E-state index in [0.29, 0.717) is 16.3 Å². The molecule has 0 aliphatic heterocycles. The van der Waals surface area contributed by atoms with E-state index >= 15 is 0 Å². The molecule has 2 aromatic carbocycles. The zero-order valence-corrected chi connectivity index (χ0v) is 11.4. The van der Waals surface area contributed by atoms with Crippen molar-refractivity contribution < 1.29 is 4.74 Å². The van der Waals surface area contributed by atoms with Crippen LogP contribution in [0.25, 0.3) is 0 Å². The van der Waals surface area contributed by atoms with E-state index in [1.807, 2.05) is 18.2 Å². The van der Waals surface area contributed by atoms with Crippen LogP contribution in [0.2, 0.25) is 5.02 Å². The molecule has 0 aromatic heterocycles. The van der Waals surface area contributed by atoms with Gasteiger partial charge >= 0.3 is 0 Å². The number of nitriles is 1. The second-order valence-electron chi connectivity index (χ2n) is 4.25. The summed E-state index contributed by atoms with van der Waals surface area (Å²) in [6.45, 7) is 2.15. The summed E-state index contributed by atoms with van der Waals surface area (Å²) in [4.78, 5) is 0. The van der Waals surface area contributed by atoms with Crippen LogP contribution in [0.4, 0.5) is 0 Å². The largest absolute Gasteiger partial charge is 0.456 e. The molecule has 0 amide bonds. The maximum Gasteiger partial charge on any atom is 0.146 e. The fourth-order valence-corrected chi connectivity index (χ4v) is 2.01. The Morgan fingerprint density at radius 3 is 2.47 bits per heavy atom. The molecule has 19 heavy (non-hydrogen) atoms. The summed E-state index contributed by atoms with van der Waals surface area (Å²) in [6.07, 6.45) is 2.19. The highest BCUT2D eigenvalue weighted by atomic mass is 35.5. The van der Waals surface area contributed by atoms with Crippen molar-refractivity contribution in [2.75, 3.05) is 0 Å². The van der Waals surface area contributed by atoms with E-state index in [-0.39, 0.29) is 0 Å². The summed E-state index contributed by atoms with van der Waals surface area (Å²) in [5.74, 6) is 1.30. The van der Waals surface area contributed by atoms with Crippen LogP contribution in [0.1, 0.15) is 24.5 Å². The monoisotopic (exact) mass is 271 g/mol. The van der Waals surface area contributed by atoms with E-state index in [9.17, 15) is 0 Å². The first kappa shape index (κ1) is 13.5. The molecule has 0 bridgehead atoms. The minimum Gasteiger partial charge on any atom is -0.456 e. The highest BCUT2D eigenvalue weighted by Gasteiger charge is 2.04. The number of hydrogen-bond donors (Lipinski definition) is 0. The smallest absolute Gasteiger partial charge is 0.146 e. The lowest BCUT2D eigenvalue weighted by molar-refractivity contribution is 0.482. The number of ether oxygens (including phenoxy) is 1. The van der Waals surface area contributed by atoms with Crippen molar-refractivity contribution in [1.29, 1.82) is 5.26 Å². The van der Waals surface area contributed by atoms with Crippen LogP contribution in [-0.2, 0) is 6.42 Å². The SMILES string of the molecule is CCCc1ccc(Oc2ccc(C#N)cc2Cl)cc1. The van der Waals surface area contributed by atoms with Crippen molar-refractivity contribution in [3.63, 3.8) is 0 Å². The van der Waals surface area contributed by atoms with Gasteiger partial charge in [0.05, 0.1) is 16.7 Å². The molecule has 2 nitrogen and oxygen atoms in total. The molecule has 0 aliphatic carbocycles. The first-order valence-corrected chi connectivity index (χ1v) is 6.57. The summed E-state index contributed by atoms with van der Waals surface area (Å²) in [6, 6.07) is 15.0. The topological polar surface area (TPSA) is 33.0 Å². The zero-order valence-electron chi connectivity index (χ0n) is 10.7. The summed E-state index contributed by atoms with van der Waals surface area (Å²) >= 11 is 6.06. The van der Waals surface area contributed by atoms with Crippen LogP contribution in [-0.4, -0.2) is 0 Å². The van der Waals surface area contributed by atoms with Crippen LogP contribution < -0.4 is 4.74 Å². The van der Waals surface area contributed by atoms with Gasteiger partial charge in [0.25, 0.3) is 0 Å². The van der Waals surface area contributed by atoms with Crippen molar-refractivity contribution in [2.24, 2.45) is 0 Å². The van der Waals surface area contributed by atoms with Gasteiger partial charge in [0, 0.05) is 0 Å². The molecule has 0 atom stereocenters. The van der Waals surface area contributed by atoms with Crippen LogP contribution in [0.15, 0.2) is 42.5 Å². The third-order valence-corrected chi connectivity index (χ3v) is 3.05. The van der Waals surface area contributed by atoms with Crippen LogP contribution in [0.5, 0.6) is 11.5 Å². The Balaban J connectivity index is 2.15. The summed E-state index contributed by atoms with van der Waals surface area (Å²) < 4.78 is 5.70. The van der Waals surface area contributed by atoms with Crippen LogP contribution in [0.3, 0.4) is 0 Å². The molecule has 0 fully saturated rings. The Bertz CT molecular complexity index is 599. The molecule has 3 heteroatoms. The molecule has 0 saturated heterocycles. The van der Waals surface area contributed by atoms with Crippen molar-refractivity contribution in [2.45, 2.75) is 19.8 Å². The van der Waals surface area contributed by atoms with E-state index in [0.717, 1.165) is 18.6 Å². The predicted octanol–water partition coefficient (Wildman–Crippen LogP) is 4.96. The van der Waals surface area contributed by atoms with Gasteiger partial charge in [-0.15, -0.1) is 0 Å². The van der Waals surface area contributed by atoms with Crippen molar-refractivity contribution in [1.82, 2.24) is 0 Å². The quantitative estimate of drug-likeness (QED) is 0.788. The van der Waals surface area contributed by atoms with Crippen LogP contribution >= 0.6 is 11.6 Å². The summed E-state index contributed by atoms with van der Waals surface area (Å²) in [7, 11) is 0. The fourth-order valence-electron chi connectivity index (χ4n) is 1.79. The van der Waals surface area contributed by atoms with Gasteiger partial charge in [0.1, 0.15) is 11.5 Å². The lowest BCUT2D eigenvalue weighted by Crippen LogP contribution is -1.88. The minimum atomic E-state index is 0.441. The second-order valence-corrected chi connectivity index (χ2v) is 4.66. The number of aryl methyl sites for hydroxylation is 1. The van der Waals surface area contributed by atoms with E-state index in [1.165, 1.54) is 5.56 Å². The van der Waals surface area contributed by atoms with E-state index < -0.39 is 0 Å². The van der Waals surface area contributed by atoms with Crippen molar-refractivity contribution >= 4 is 11.6 Å². The summed E-state index contributed by atoms with van der Waals surface area (Å²) in [5, 5.41) is 9.22. The van der Waals surface area contributed by atoms with Gasteiger partial charge < -0.3 is 4.74 Å². The molecular weight excluding hydrogens is 258 g/mol. The standard InChI is InChI=1S/C16H14ClNO/c1-2-3-12-4-7-14(8-5-12)19-16-9-6-13(11-18)10-15(16)17/h4-10H,2-3H2,1H3. The molecule has 0 unspecified atom stereocenters. The van der Waals surface area contributed by atoms with Gasteiger partial charge in [0.15, 0.2) is 0 Å². The molecule has 2 aromatic rings. The van der Waals surface area contributed by atoms with Gasteiger partial charge in [-0.05, 0) is 42.3 Å². The maximum atomic E-state index is 8.77. The van der Waals surface area contributed by atoms with Gasteiger partial charge in [0.2, 0.25) is 0 Å². The van der Waals surface area contributed by atoms with E-state index in [2.05, 4.69) is 19.1 Å². The molecule has 0 aliphatic rings. The maximum absolute atomic E-state index is 8.77. The lowest BCUT2D eigenvalue weighted by atomic mass is 10.1. The highest BCUT2D eigenvalue weighted by Crippen LogP contribution is 2.30. The third kappa shape index (κ3) is 3.49. The summed E-state index contributed by atoms with van der Waals surface area (Å²) in [5.41, 5.74) is 1.82. The minimum absolute atomic E-state index is 0.441. The fraction of sp³-hybridized carbons (Fsp3) is 0.188. The Morgan fingerprint density at radius 2 is 1.89 bits per heavy atom. The van der Waals surface area contributed by atoms with Gasteiger partial charge in [-0.25, -0.2) is 0 Å². The van der Waals surface area contributed by atoms with E-state index in [1.54, 1.807) is 18.2 Å². The number of benzene rings is 2. The van der Waals surface area contributed by atoms with E-state index in [4.69, 9.17) is 21.6 Å². The molecule has 0 saturated carbocycles. The number of hydrogen-bond acceptors (Lipinski definition) is 2. The third-order valence-electron chi connectivity index (χ3n) is 2.75. The number of halogens is 1. The molecule has 0 spiro atoms. The molecular formula is C16H14ClNO. The first-order chi connectivity index (χ1) is 9.22. The Morgan fingerprint density at radius 1 is 1.16 bits per heavy atom. The molecule has 2 rings (SSSR count). The Kier molecular flexibility index (Phi) is 4.43. The molecule has 96 valence electrons. The van der Waals surface area contributed by atoms with Gasteiger partial charge in [-0.2, -0.15) is 5.26 Å².